The van der Waals surface area contributed by atoms with Gasteiger partial charge in [0, 0.05) is 17.8 Å². The fraction of sp³-hybridized carbons (Fsp3) is 0.179. The number of hydrogen-bond donors (Lipinski definition) is 1. The molecular weight excluding hydrogens is 492 g/mol. The summed E-state index contributed by atoms with van der Waals surface area (Å²) in [5.74, 6) is 1.31. The molecular formula is C28H28N2O8. The summed E-state index contributed by atoms with van der Waals surface area (Å²) in [5.41, 5.74) is 2.26. The number of nitro benzene ring substituents is 1. The van der Waals surface area contributed by atoms with Crippen molar-refractivity contribution in [1.82, 2.24) is 0 Å². The van der Waals surface area contributed by atoms with Gasteiger partial charge < -0.3 is 29.0 Å². The second-order valence-corrected chi connectivity index (χ2v) is 7.73. The molecule has 0 spiro atoms. The Morgan fingerprint density at radius 2 is 1.32 bits per heavy atom. The van der Waals surface area contributed by atoms with Crippen LogP contribution in [0.25, 0.3) is 18.2 Å². The van der Waals surface area contributed by atoms with Gasteiger partial charge in [0.1, 0.15) is 0 Å². The molecule has 0 radical (unpaired) electrons. The second kappa shape index (κ2) is 12.8. The molecule has 0 saturated carbocycles. The molecule has 0 aromatic heterocycles. The van der Waals surface area contributed by atoms with E-state index in [-0.39, 0.29) is 17.2 Å². The van der Waals surface area contributed by atoms with Gasteiger partial charge in [-0.05, 0) is 47.0 Å². The average molecular weight is 521 g/mol. The Labute approximate surface area is 220 Å². The van der Waals surface area contributed by atoms with E-state index < -0.39 is 10.8 Å². The third kappa shape index (κ3) is 6.41. The summed E-state index contributed by atoms with van der Waals surface area (Å²) >= 11 is 0. The van der Waals surface area contributed by atoms with Crippen molar-refractivity contribution in [2.75, 3.05) is 40.9 Å². The maximum absolute atomic E-state index is 12.7. The zero-order valence-electron chi connectivity index (χ0n) is 21.6. The number of nitro groups is 1. The van der Waals surface area contributed by atoms with Gasteiger partial charge in [-0.15, -0.1) is 0 Å². The van der Waals surface area contributed by atoms with Crippen molar-refractivity contribution in [2.45, 2.75) is 0 Å². The molecule has 198 valence electrons. The van der Waals surface area contributed by atoms with E-state index in [2.05, 4.69) is 5.32 Å². The normalized spacial score (nSPS) is 10.9. The summed E-state index contributed by atoms with van der Waals surface area (Å²) in [6.45, 7) is 0. The summed E-state index contributed by atoms with van der Waals surface area (Å²) in [4.78, 5) is 23.5. The molecule has 3 aromatic rings. The van der Waals surface area contributed by atoms with Crippen LogP contribution >= 0.6 is 0 Å². The van der Waals surface area contributed by atoms with Crippen LogP contribution in [0.15, 0.2) is 54.6 Å². The van der Waals surface area contributed by atoms with Gasteiger partial charge in [0.2, 0.25) is 17.4 Å². The van der Waals surface area contributed by atoms with Crippen molar-refractivity contribution >= 4 is 35.5 Å². The highest BCUT2D eigenvalue weighted by molar-refractivity contribution is 6.03. The first-order valence-corrected chi connectivity index (χ1v) is 11.3. The van der Waals surface area contributed by atoms with E-state index in [1.807, 2.05) is 36.4 Å². The third-order valence-corrected chi connectivity index (χ3v) is 5.47. The van der Waals surface area contributed by atoms with E-state index in [9.17, 15) is 14.9 Å². The van der Waals surface area contributed by atoms with E-state index >= 15 is 0 Å². The zero-order valence-corrected chi connectivity index (χ0v) is 21.6. The summed E-state index contributed by atoms with van der Waals surface area (Å²) in [5, 5.41) is 14.3. The Kier molecular flexibility index (Phi) is 9.31. The fourth-order valence-corrected chi connectivity index (χ4v) is 3.68. The lowest BCUT2D eigenvalue weighted by molar-refractivity contribution is -0.385. The van der Waals surface area contributed by atoms with Crippen molar-refractivity contribution in [3.05, 3.63) is 81.4 Å². The van der Waals surface area contributed by atoms with Crippen LogP contribution in [0.4, 0.5) is 11.4 Å². The average Bonchev–Trinajstić information content (AvgIpc) is 2.94. The quantitative estimate of drug-likeness (QED) is 0.153. The number of carbonyl (C=O) groups is 1. The van der Waals surface area contributed by atoms with Crippen LogP contribution in [0, 0.1) is 10.1 Å². The molecule has 3 rings (SSSR count). The number of ether oxygens (including phenoxy) is 5. The maximum Gasteiger partial charge on any atom is 0.315 e. The molecule has 0 atom stereocenters. The molecule has 10 nitrogen and oxygen atoms in total. The van der Waals surface area contributed by atoms with Gasteiger partial charge in [0.15, 0.2) is 17.2 Å². The molecule has 0 unspecified atom stereocenters. The van der Waals surface area contributed by atoms with Crippen molar-refractivity contribution in [3.63, 3.8) is 0 Å². The predicted molar refractivity (Wildman–Crippen MR) is 145 cm³/mol. The van der Waals surface area contributed by atoms with Crippen LogP contribution in [-0.2, 0) is 4.79 Å². The lowest BCUT2D eigenvalue weighted by Gasteiger charge is -2.13. The zero-order chi connectivity index (χ0) is 27.7. The molecule has 1 amide bonds. The molecule has 1 N–H and O–H groups in total. The maximum atomic E-state index is 12.7. The lowest BCUT2D eigenvalue weighted by Crippen LogP contribution is -2.08. The number of rotatable bonds is 11. The molecule has 10 heteroatoms. The van der Waals surface area contributed by atoms with Crippen molar-refractivity contribution in [3.8, 4) is 28.7 Å². The number of anilines is 1. The second-order valence-electron chi connectivity index (χ2n) is 7.73. The number of nitrogens with one attached hydrogen (secondary N) is 1. The van der Waals surface area contributed by atoms with Crippen LogP contribution in [0.1, 0.15) is 16.7 Å². The molecule has 3 aromatic carbocycles. The standard InChI is InChI=1S/C28H28N2O8/c1-34-23-15-18(14-22(30(32)33)27(23)37-4)11-13-26(31)29-21-9-7-6-8-20(21)12-10-19-16-24(35-2)28(38-5)25(17-19)36-3/h6-17H,1-5H3,(H,29,31)/b12-10+,13-11+. The fourth-order valence-electron chi connectivity index (χ4n) is 3.68. The topological polar surface area (TPSA) is 118 Å². The molecule has 0 aliphatic rings. The van der Waals surface area contributed by atoms with Gasteiger partial charge in [-0.3, -0.25) is 14.9 Å². The largest absolute Gasteiger partial charge is 0.493 e. The summed E-state index contributed by atoms with van der Waals surface area (Å²) in [6.07, 6.45) is 6.44. The minimum Gasteiger partial charge on any atom is -0.493 e. The van der Waals surface area contributed by atoms with Gasteiger partial charge in [-0.1, -0.05) is 30.4 Å². The summed E-state index contributed by atoms with van der Waals surface area (Å²) < 4.78 is 26.5. The molecule has 0 fully saturated rings. The monoisotopic (exact) mass is 520 g/mol. The SMILES string of the molecule is COc1cc(/C=C/c2ccccc2NC(=O)/C=C/c2cc(OC)c(OC)c([N+](=O)[O-])c2)cc(OC)c1OC. The highest BCUT2D eigenvalue weighted by atomic mass is 16.6. The first kappa shape index (κ1) is 27.6. The smallest absolute Gasteiger partial charge is 0.315 e. The predicted octanol–water partition coefficient (Wildman–Crippen LogP) is 5.46. The van der Waals surface area contributed by atoms with Crippen LogP contribution < -0.4 is 29.0 Å². The van der Waals surface area contributed by atoms with Crippen LogP contribution in [0.2, 0.25) is 0 Å². The van der Waals surface area contributed by atoms with Crippen LogP contribution in [0.3, 0.4) is 0 Å². The number of hydrogen-bond acceptors (Lipinski definition) is 8. The van der Waals surface area contributed by atoms with E-state index in [1.165, 1.54) is 39.5 Å². The molecule has 0 aliphatic carbocycles. The van der Waals surface area contributed by atoms with E-state index in [4.69, 9.17) is 23.7 Å². The number of carbonyl (C=O) groups excluding carboxylic acids is 1. The summed E-state index contributed by atoms with van der Waals surface area (Å²) in [6, 6.07) is 13.7. The van der Waals surface area contributed by atoms with Crippen LogP contribution in [-0.4, -0.2) is 46.4 Å². The molecule has 38 heavy (non-hydrogen) atoms. The first-order chi connectivity index (χ1) is 18.3. The number of nitrogens with zero attached hydrogens (tertiary/aromatic N) is 1. The number of para-hydroxylation sites is 1. The Hall–Kier alpha value is -4.99. The number of methoxy groups -OCH3 is 5. The van der Waals surface area contributed by atoms with E-state index in [0.717, 1.165) is 11.1 Å². The summed E-state index contributed by atoms with van der Waals surface area (Å²) in [7, 11) is 7.33. The highest BCUT2D eigenvalue weighted by Gasteiger charge is 2.21. The first-order valence-electron chi connectivity index (χ1n) is 11.3. The van der Waals surface area contributed by atoms with Crippen LogP contribution in [0.5, 0.6) is 28.7 Å². The van der Waals surface area contributed by atoms with Gasteiger partial charge in [-0.2, -0.15) is 0 Å². The Morgan fingerprint density at radius 1 is 0.763 bits per heavy atom. The van der Waals surface area contributed by atoms with Gasteiger partial charge in [0.25, 0.3) is 0 Å². The van der Waals surface area contributed by atoms with Crippen molar-refractivity contribution in [2.24, 2.45) is 0 Å². The van der Waals surface area contributed by atoms with E-state index in [1.54, 1.807) is 32.4 Å². The molecule has 0 aliphatic heterocycles. The lowest BCUT2D eigenvalue weighted by atomic mass is 10.1. The Morgan fingerprint density at radius 3 is 1.87 bits per heavy atom. The minimum atomic E-state index is -0.574. The Balaban J connectivity index is 1.83. The highest BCUT2D eigenvalue weighted by Crippen LogP contribution is 2.39. The van der Waals surface area contributed by atoms with E-state index in [0.29, 0.717) is 28.5 Å². The van der Waals surface area contributed by atoms with Crippen molar-refractivity contribution in [1.29, 1.82) is 0 Å². The van der Waals surface area contributed by atoms with Gasteiger partial charge in [0.05, 0.1) is 40.5 Å². The molecule has 0 heterocycles. The van der Waals surface area contributed by atoms with Gasteiger partial charge in [-0.25, -0.2) is 0 Å². The molecule has 0 bridgehead atoms. The number of amides is 1. The van der Waals surface area contributed by atoms with Crippen molar-refractivity contribution < 1.29 is 33.4 Å². The third-order valence-electron chi connectivity index (χ3n) is 5.47. The molecule has 0 saturated heterocycles. The van der Waals surface area contributed by atoms with Gasteiger partial charge >= 0.3 is 5.69 Å². The minimum absolute atomic E-state index is 0.00640. The number of benzene rings is 3. The Bertz CT molecular complexity index is 1360.